The van der Waals surface area contributed by atoms with Crippen LogP contribution >= 0.6 is 0 Å². The van der Waals surface area contributed by atoms with Gasteiger partial charge >= 0.3 is 0 Å². The summed E-state index contributed by atoms with van der Waals surface area (Å²) < 4.78 is 0. The number of aromatic nitrogens is 4. The second kappa shape index (κ2) is 7.14. The lowest BCUT2D eigenvalue weighted by Gasteiger charge is -1.58. The Labute approximate surface area is 56.0 Å². The molecule has 8 nitrogen and oxygen atoms in total. The Kier molecular flexibility index (Phi) is 5.81. The predicted octanol–water partition coefficient (Wildman–Crippen LogP) is -0.881. The zero-order chi connectivity index (χ0) is 7.66. The van der Waals surface area contributed by atoms with E-state index in [0.717, 1.165) is 6.34 Å². The van der Waals surface area contributed by atoms with Gasteiger partial charge < -0.3 is 5.84 Å². The lowest BCUT2D eigenvalue weighted by molar-refractivity contribution is 0.881. The molecule has 1 aromatic heterocycles. The average Bonchev–Trinajstić information content (AvgIpc) is 2.44. The van der Waals surface area contributed by atoms with E-state index in [2.05, 4.69) is 36.7 Å². The number of hydrazone groups is 1. The van der Waals surface area contributed by atoms with Crippen LogP contribution < -0.4 is 5.84 Å². The number of hydrogen-bond donors (Lipinski definition) is 3. The highest BCUT2D eigenvalue weighted by molar-refractivity contribution is 5.52. The maximum atomic E-state index is 6.00. The van der Waals surface area contributed by atoms with Gasteiger partial charge in [0.2, 0.25) is 0 Å². The van der Waals surface area contributed by atoms with Crippen molar-refractivity contribution in [2.75, 3.05) is 0 Å². The van der Waals surface area contributed by atoms with E-state index in [4.69, 9.17) is 5.53 Å². The normalized spacial score (nSPS) is 8.40. The molecule has 1 heterocycles. The van der Waals surface area contributed by atoms with Gasteiger partial charge in [-0.05, 0) is 10.4 Å². The molecule has 8 heteroatoms. The third-order valence-corrected chi connectivity index (χ3v) is 0.394. The first kappa shape index (κ1) is 8.14. The number of aromatic amines is 1. The van der Waals surface area contributed by atoms with Crippen LogP contribution in [0.2, 0.25) is 0 Å². The highest BCUT2D eigenvalue weighted by Gasteiger charge is 1.58. The molecule has 0 bridgehead atoms. The predicted molar refractivity (Wildman–Crippen MR) is 32.0 cm³/mol. The van der Waals surface area contributed by atoms with Crippen molar-refractivity contribution < 1.29 is 0 Å². The number of tetrazole rings is 1. The molecule has 1 rings (SSSR count). The van der Waals surface area contributed by atoms with Crippen LogP contribution in [0.15, 0.2) is 16.5 Å². The summed E-state index contributed by atoms with van der Waals surface area (Å²) in [5, 5.41) is 17.7. The second-order valence-electron chi connectivity index (χ2n) is 0.957. The van der Waals surface area contributed by atoms with Gasteiger partial charge in [-0.3, -0.25) is 0 Å². The van der Waals surface area contributed by atoms with Gasteiger partial charge in [0.1, 0.15) is 6.33 Å². The number of hydrogen-bond acceptors (Lipinski definition) is 6. The number of H-pyrrole nitrogens is 1. The van der Waals surface area contributed by atoms with Crippen molar-refractivity contribution in [1.82, 2.24) is 20.6 Å². The molecule has 0 saturated carbocycles. The van der Waals surface area contributed by atoms with Crippen molar-refractivity contribution in [3.63, 3.8) is 0 Å². The quantitative estimate of drug-likeness (QED) is 0.154. The Morgan fingerprint density at radius 1 is 1.70 bits per heavy atom. The zero-order valence-corrected chi connectivity index (χ0v) is 4.97. The fourth-order valence-corrected chi connectivity index (χ4v) is 0.162. The van der Waals surface area contributed by atoms with E-state index in [-0.39, 0.29) is 0 Å². The first-order valence-corrected chi connectivity index (χ1v) is 2.17. The summed E-state index contributed by atoms with van der Waals surface area (Å²) in [6.45, 7) is 0. The zero-order valence-electron chi connectivity index (χ0n) is 4.97. The maximum Gasteiger partial charge on any atom is 0.156 e. The SMILES string of the molecule is N=NC=NN.c1nnn[nH]1. The minimum absolute atomic E-state index is 0.944. The van der Waals surface area contributed by atoms with Crippen LogP contribution in [0.4, 0.5) is 0 Å². The monoisotopic (exact) mass is 142 g/mol. The van der Waals surface area contributed by atoms with Gasteiger partial charge in [-0.2, -0.15) is 5.10 Å². The summed E-state index contributed by atoms with van der Waals surface area (Å²) in [7, 11) is 0. The highest BCUT2D eigenvalue weighted by Crippen LogP contribution is 1.44. The van der Waals surface area contributed by atoms with Gasteiger partial charge in [-0.25, -0.2) is 10.6 Å². The smallest absolute Gasteiger partial charge is 0.156 e. The van der Waals surface area contributed by atoms with E-state index in [0.29, 0.717) is 0 Å². The third kappa shape index (κ3) is 6.14. The Morgan fingerprint density at radius 3 is 2.60 bits per heavy atom. The molecule has 0 spiro atoms. The molecule has 1 aromatic rings. The summed E-state index contributed by atoms with van der Waals surface area (Å²) in [5.74, 6) is 4.49. The van der Waals surface area contributed by atoms with Crippen molar-refractivity contribution >= 4 is 6.34 Å². The fraction of sp³-hybridized carbons (Fsp3) is 0. The molecule has 0 amide bonds. The largest absolute Gasteiger partial charge is 0.322 e. The molecule has 0 radical (unpaired) electrons. The molecule has 0 fully saturated rings. The van der Waals surface area contributed by atoms with E-state index in [1.807, 2.05) is 0 Å². The molecule has 54 valence electrons. The molecule has 0 unspecified atom stereocenters. The van der Waals surface area contributed by atoms with E-state index in [9.17, 15) is 0 Å². The van der Waals surface area contributed by atoms with E-state index in [1.165, 1.54) is 6.33 Å². The lowest BCUT2D eigenvalue weighted by Crippen LogP contribution is -1.75. The number of rotatable bonds is 1. The molecule has 0 saturated heterocycles. The Balaban J connectivity index is 0.000000162. The first-order chi connectivity index (χ1) is 4.91. The van der Waals surface area contributed by atoms with Gasteiger partial charge in [-0.15, -0.1) is 10.2 Å². The first-order valence-electron chi connectivity index (χ1n) is 2.17. The Morgan fingerprint density at radius 2 is 2.50 bits per heavy atom. The molecule has 0 atom stereocenters. The summed E-state index contributed by atoms with van der Waals surface area (Å²) >= 11 is 0. The summed E-state index contributed by atoms with van der Waals surface area (Å²) in [5.41, 5.74) is 6.00. The van der Waals surface area contributed by atoms with Crippen molar-refractivity contribution in [3.05, 3.63) is 6.33 Å². The van der Waals surface area contributed by atoms with E-state index >= 15 is 0 Å². The van der Waals surface area contributed by atoms with Gasteiger partial charge in [0.05, 0.1) is 0 Å². The van der Waals surface area contributed by atoms with Crippen LogP contribution in [0.1, 0.15) is 0 Å². The highest BCUT2D eigenvalue weighted by atomic mass is 15.5. The number of nitrogens with one attached hydrogen (secondary N) is 2. The van der Waals surface area contributed by atoms with Crippen molar-refractivity contribution in [3.8, 4) is 0 Å². The molecule has 0 aliphatic carbocycles. The Bertz CT molecular complexity index is 146. The standard InChI is InChI=1S/CH2N4.CH4N4/c1-2-4-5-3-1;2-4-1-5-3/h1H,(H,2,3,4,5);1-2H,3H2. The fourth-order valence-electron chi connectivity index (χ4n) is 0.162. The summed E-state index contributed by atoms with van der Waals surface area (Å²) in [4.78, 5) is 0. The van der Waals surface area contributed by atoms with Gasteiger partial charge in [0, 0.05) is 0 Å². The van der Waals surface area contributed by atoms with Crippen molar-refractivity contribution in [2.45, 2.75) is 0 Å². The Hall–Kier alpha value is -1.86. The second-order valence-corrected chi connectivity index (χ2v) is 0.957. The molecule has 0 aliphatic rings. The topological polar surface area (TPSA) is 129 Å². The molecule has 10 heavy (non-hydrogen) atoms. The van der Waals surface area contributed by atoms with Gasteiger partial charge in [0.25, 0.3) is 0 Å². The molecule has 0 aromatic carbocycles. The molecular formula is C2H6N8. The molecule has 4 N–H and O–H groups in total. The summed E-state index contributed by atoms with van der Waals surface area (Å²) in [6, 6.07) is 0. The number of nitrogens with two attached hydrogens (primary N) is 1. The third-order valence-electron chi connectivity index (χ3n) is 0.394. The van der Waals surface area contributed by atoms with Crippen LogP contribution in [-0.4, -0.2) is 27.0 Å². The molecule has 0 aliphatic heterocycles. The maximum absolute atomic E-state index is 6.00. The lowest BCUT2D eigenvalue weighted by atomic mass is 11.4. The molecular weight excluding hydrogens is 136 g/mol. The van der Waals surface area contributed by atoms with Crippen molar-refractivity contribution in [1.29, 1.82) is 5.53 Å². The van der Waals surface area contributed by atoms with Crippen LogP contribution in [0.5, 0.6) is 0 Å². The summed E-state index contributed by atoms with van der Waals surface area (Å²) in [6.07, 6.45) is 2.35. The minimum Gasteiger partial charge on any atom is -0.322 e. The van der Waals surface area contributed by atoms with Crippen LogP contribution in [-0.2, 0) is 0 Å². The average molecular weight is 142 g/mol. The van der Waals surface area contributed by atoms with E-state index < -0.39 is 0 Å². The van der Waals surface area contributed by atoms with Crippen LogP contribution in [0, 0.1) is 5.53 Å². The number of nitrogens with zero attached hydrogens (tertiary/aromatic N) is 5. The van der Waals surface area contributed by atoms with E-state index in [1.54, 1.807) is 0 Å². The van der Waals surface area contributed by atoms with Crippen LogP contribution in [0.25, 0.3) is 0 Å². The van der Waals surface area contributed by atoms with Gasteiger partial charge in [0.15, 0.2) is 6.34 Å². The van der Waals surface area contributed by atoms with Gasteiger partial charge in [-0.1, -0.05) is 0 Å². The van der Waals surface area contributed by atoms with Crippen LogP contribution in [0.3, 0.4) is 0 Å². The minimum atomic E-state index is 0.944. The van der Waals surface area contributed by atoms with Crippen molar-refractivity contribution in [2.24, 2.45) is 16.1 Å².